The molecule has 1 aliphatic rings. The minimum atomic E-state index is 0.281. The number of hydrogen-bond acceptors (Lipinski definition) is 1. The number of aromatic amines is 1. The van der Waals surface area contributed by atoms with Crippen molar-refractivity contribution in [3.05, 3.63) is 35.0 Å². The maximum absolute atomic E-state index is 12.0. The second kappa shape index (κ2) is 3.48. The maximum atomic E-state index is 12.0. The van der Waals surface area contributed by atoms with Crippen LogP contribution in [0, 0.1) is 6.92 Å². The van der Waals surface area contributed by atoms with Crippen molar-refractivity contribution >= 4 is 16.7 Å². The standard InChI is InChI=1S/C14H15NO/c1-9-5-4-7-10-11-6-2-3-8-12(16)14(11)15-13(9)10/h4-5,7,15H,2-3,6,8H2,1H3. The molecule has 0 saturated heterocycles. The summed E-state index contributed by atoms with van der Waals surface area (Å²) in [7, 11) is 0. The van der Waals surface area contributed by atoms with Gasteiger partial charge < -0.3 is 4.98 Å². The number of carbonyl (C=O) groups excluding carboxylic acids is 1. The summed E-state index contributed by atoms with van der Waals surface area (Å²) in [5.74, 6) is 0.281. The number of H-pyrrole nitrogens is 1. The summed E-state index contributed by atoms with van der Waals surface area (Å²) in [4.78, 5) is 15.3. The lowest BCUT2D eigenvalue weighted by atomic mass is 10.0. The fraction of sp³-hybridized carbons (Fsp3) is 0.357. The molecule has 1 heterocycles. The minimum absolute atomic E-state index is 0.281. The van der Waals surface area contributed by atoms with Gasteiger partial charge in [0, 0.05) is 17.3 Å². The quantitative estimate of drug-likeness (QED) is 0.668. The molecule has 0 aliphatic heterocycles. The molecule has 82 valence electrons. The van der Waals surface area contributed by atoms with Gasteiger partial charge in [0.05, 0.1) is 5.69 Å². The Kier molecular flexibility index (Phi) is 2.10. The number of para-hydroxylation sites is 1. The Labute approximate surface area is 94.7 Å². The lowest BCUT2D eigenvalue weighted by Crippen LogP contribution is -1.98. The van der Waals surface area contributed by atoms with E-state index in [0.717, 1.165) is 30.5 Å². The van der Waals surface area contributed by atoms with Gasteiger partial charge in [-0.05, 0) is 37.3 Å². The van der Waals surface area contributed by atoms with E-state index in [9.17, 15) is 4.79 Å². The van der Waals surface area contributed by atoms with Gasteiger partial charge >= 0.3 is 0 Å². The molecule has 0 amide bonds. The Morgan fingerprint density at radius 2 is 2.00 bits per heavy atom. The van der Waals surface area contributed by atoms with Gasteiger partial charge in [-0.25, -0.2) is 0 Å². The lowest BCUT2D eigenvalue weighted by Gasteiger charge is -1.98. The first-order valence-electron chi connectivity index (χ1n) is 5.91. The topological polar surface area (TPSA) is 32.9 Å². The Balaban J connectivity index is 2.33. The molecule has 1 aromatic heterocycles. The van der Waals surface area contributed by atoms with E-state index in [2.05, 4.69) is 30.1 Å². The number of benzene rings is 1. The van der Waals surface area contributed by atoms with Gasteiger partial charge in [0.1, 0.15) is 0 Å². The molecule has 16 heavy (non-hydrogen) atoms. The molecular weight excluding hydrogens is 198 g/mol. The van der Waals surface area contributed by atoms with Crippen molar-refractivity contribution in [2.75, 3.05) is 0 Å². The number of hydrogen-bond donors (Lipinski definition) is 1. The SMILES string of the molecule is Cc1cccc2c3c([nH]c12)C(=O)CCCC3. The van der Waals surface area contributed by atoms with Crippen LogP contribution in [0.2, 0.25) is 0 Å². The predicted octanol–water partition coefficient (Wildman–Crippen LogP) is 3.39. The van der Waals surface area contributed by atoms with Crippen LogP contribution in [0.3, 0.4) is 0 Å². The Bertz CT molecular complexity index is 565. The van der Waals surface area contributed by atoms with Crippen LogP contribution in [-0.2, 0) is 6.42 Å². The van der Waals surface area contributed by atoms with E-state index in [4.69, 9.17) is 0 Å². The van der Waals surface area contributed by atoms with Crippen molar-refractivity contribution < 1.29 is 4.79 Å². The highest BCUT2D eigenvalue weighted by Crippen LogP contribution is 2.29. The van der Waals surface area contributed by atoms with Crippen LogP contribution in [0.25, 0.3) is 10.9 Å². The maximum Gasteiger partial charge on any atom is 0.179 e. The summed E-state index contributed by atoms with van der Waals surface area (Å²) in [6, 6.07) is 6.28. The van der Waals surface area contributed by atoms with E-state index in [0.29, 0.717) is 6.42 Å². The largest absolute Gasteiger partial charge is 0.352 e. The molecule has 0 fully saturated rings. The number of rotatable bonds is 0. The van der Waals surface area contributed by atoms with Gasteiger partial charge in [-0.2, -0.15) is 0 Å². The first-order valence-corrected chi connectivity index (χ1v) is 5.91. The van der Waals surface area contributed by atoms with Crippen molar-refractivity contribution in [2.45, 2.75) is 32.6 Å². The highest BCUT2D eigenvalue weighted by Gasteiger charge is 2.20. The molecule has 3 rings (SSSR count). The third kappa shape index (κ3) is 1.29. The highest BCUT2D eigenvalue weighted by atomic mass is 16.1. The summed E-state index contributed by atoms with van der Waals surface area (Å²) in [6.45, 7) is 2.09. The minimum Gasteiger partial charge on any atom is -0.352 e. The molecule has 2 heteroatoms. The molecule has 1 N–H and O–H groups in total. The van der Waals surface area contributed by atoms with Crippen LogP contribution in [-0.4, -0.2) is 10.8 Å². The zero-order valence-electron chi connectivity index (χ0n) is 9.47. The van der Waals surface area contributed by atoms with Crippen molar-refractivity contribution in [2.24, 2.45) is 0 Å². The number of Topliss-reactive ketones (excluding diaryl/α,β-unsaturated/α-hetero) is 1. The fourth-order valence-electron chi connectivity index (χ4n) is 2.63. The molecule has 1 aliphatic carbocycles. The van der Waals surface area contributed by atoms with E-state index in [-0.39, 0.29) is 5.78 Å². The summed E-state index contributed by atoms with van der Waals surface area (Å²) in [5, 5.41) is 1.24. The molecule has 0 radical (unpaired) electrons. The van der Waals surface area contributed by atoms with E-state index < -0.39 is 0 Å². The molecule has 0 atom stereocenters. The van der Waals surface area contributed by atoms with Gasteiger partial charge in [0.15, 0.2) is 5.78 Å². The number of carbonyl (C=O) groups is 1. The summed E-state index contributed by atoms with van der Waals surface area (Å²) < 4.78 is 0. The first-order chi connectivity index (χ1) is 7.77. The lowest BCUT2D eigenvalue weighted by molar-refractivity contribution is 0.0978. The smallest absolute Gasteiger partial charge is 0.179 e. The summed E-state index contributed by atoms with van der Waals surface area (Å²) in [6.07, 6.45) is 3.87. The van der Waals surface area contributed by atoms with Crippen molar-refractivity contribution in [1.82, 2.24) is 4.98 Å². The molecule has 2 aromatic rings. The number of nitrogens with one attached hydrogen (secondary N) is 1. The van der Waals surface area contributed by atoms with Gasteiger partial charge in [-0.3, -0.25) is 4.79 Å². The summed E-state index contributed by atoms with van der Waals surface area (Å²) >= 11 is 0. The van der Waals surface area contributed by atoms with Crippen LogP contribution >= 0.6 is 0 Å². The van der Waals surface area contributed by atoms with E-state index in [1.807, 2.05) is 0 Å². The molecule has 0 spiro atoms. The second-order valence-electron chi connectivity index (χ2n) is 4.61. The number of aromatic nitrogens is 1. The number of fused-ring (bicyclic) bond motifs is 3. The fourth-order valence-corrected chi connectivity index (χ4v) is 2.63. The number of aryl methyl sites for hydroxylation is 2. The van der Waals surface area contributed by atoms with Crippen LogP contribution in [0.5, 0.6) is 0 Å². The zero-order chi connectivity index (χ0) is 11.1. The van der Waals surface area contributed by atoms with Crippen LogP contribution in [0.4, 0.5) is 0 Å². The van der Waals surface area contributed by atoms with Crippen LogP contribution in [0.1, 0.15) is 40.9 Å². The normalized spacial score (nSPS) is 16.2. The molecule has 0 bridgehead atoms. The van der Waals surface area contributed by atoms with Crippen molar-refractivity contribution in [1.29, 1.82) is 0 Å². The average molecular weight is 213 g/mol. The van der Waals surface area contributed by atoms with E-state index in [1.54, 1.807) is 0 Å². The zero-order valence-corrected chi connectivity index (χ0v) is 9.47. The monoisotopic (exact) mass is 213 g/mol. The van der Waals surface area contributed by atoms with Crippen LogP contribution < -0.4 is 0 Å². The molecular formula is C14H15NO. The van der Waals surface area contributed by atoms with E-state index in [1.165, 1.54) is 16.5 Å². The van der Waals surface area contributed by atoms with Crippen LogP contribution in [0.15, 0.2) is 18.2 Å². The molecule has 2 nitrogen and oxygen atoms in total. The van der Waals surface area contributed by atoms with Gasteiger partial charge in [0.2, 0.25) is 0 Å². The number of ketones is 1. The van der Waals surface area contributed by atoms with E-state index >= 15 is 0 Å². The first kappa shape index (κ1) is 9.64. The third-order valence-electron chi connectivity index (χ3n) is 3.51. The average Bonchev–Trinajstić information content (AvgIpc) is 2.55. The third-order valence-corrected chi connectivity index (χ3v) is 3.51. The van der Waals surface area contributed by atoms with Gasteiger partial charge in [0.25, 0.3) is 0 Å². The highest BCUT2D eigenvalue weighted by molar-refractivity contribution is 6.03. The summed E-state index contributed by atoms with van der Waals surface area (Å²) in [5.41, 5.74) is 4.46. The molecule has 1 aromatic carbocycles. The Hall–Kier alpha value is -1.57. The Morgan fingerprint density at radius 3 is 2.88 bits per heavy atom. The van der Waals surface area contributed by atoms with Gasteiger partial charge in [-0.15, -0.1) is 0 Å². The second-order valence-corrected chi connectivity index (χ2v) is 4.61. The molecule has 0 saturated carbocycles. The predicted molar refractivity (Wildman–Crippen MR) is 64.9 cm³/mol. The Morgan fingerprint density at radius 1 is 1.19 bits per heavy atom. The van der Waals surface area contributed by atoms with Crippen molar-refractivity contribution in [3.8, 4) is 0 Å². The van der Waals surface area contributed by atoms with Crippen molar-refractivity contribution in [3.63, 3.8) is 0 Å². The van der Waals surface area contributed by atoms with Gasteiger partial charge in [-0.1, -0.05) is 18.2 Å². The molecule has 0 unspecified atom stereocenters.